The SMILES string of the molecule is COc1cc(OC)cc([C@@H]2c3c(C)nn(C)c3NC(=O)[C@H]2NC(=O)c2ccc(OC)c(OC)c2)c1. The van der Waals surface area contributed by atoms with Gasteiger partial charge in [-0.3, -0.25) is 14.3 Å². The van der Waals surface area contributed by atoms with Gasteiger partial charge in [0.15, 0.2) is 11.5 Å². The van der Waals surface area contributed by atoms with E-state index in [1.165, 1.54) is 14.2 Å². The molecule has 1 aliphatic heterocycles. The minimum Gasteiger partial charge on any atom is -0.497 e. The van der Waals surface area contributed by atoms with Crippen LogP contribution in [0.4, 0.5) is 5.82 Å². The van der Waals surface area contributed by atoms with Gasteiger partial charge in [0.1, 0.15) is 23.4 Å². The molecule has 10 nitrogen and oxygen atoms in total. The summed E-state index contributed by atoms with van der Waals surface area (Å²) in [7, 11) is 7.89. The Bertz CT molecular complexity index is 1260. The molecule has 3 aromatic rings. The van der Waals surface area contributed by atoms with Crippen molar-refractivity contribution in [1.82, 2.24) is 15.1 Å². The van der Waals surface area contributed by atoms with E-state index in [0.717, 1.165) is 16.8 Å². The number of anilines is 1. The summed E-state index contributed by atoms with van der Waals surface area (Å²) in [4.78, 5) is 26.6. The summed E-state index contributed by atoms with van der Waals surface area (Å²) in [5.41, 5.74) is 2.61. The number of benzene rings is 2. The molecule has 0 unspecified atom stereocenters. The standard InChI is InChI=1S/C25H28N4O6/c1-13-20-21(15-9-16(32-3)12-17(10-15)33-4)22(25(31)27-23(20)29(2)28-13)26-24(30)14-7-8-18(34-5)19(11-14)35-6/h7-12,21-22H,1-6H3,(H,26,30)(H,27,31)/t21-,22+/m1/s1. The minimum atomic E-state index is -0.928. The van der Waals surface area contributed by atoms with E-state index in [2.05, 4.69) is 15.7 Å². The molecule has 2 aromatic carbocycles. The molecule has 0 bridgehead atoms. The molecule has 184 valence electrons. The highest BCUT2D eigenvalue weighted by Gasteiger charge is 2.41. The van der Waals surface area contributed by atoms with Crippen LogP contribution in [0.2, 0.25) is 0 Å². The number of nitrogens with zero attached hydrogens (tertiary/aromatic N) is 2. The molecular formula is C25H28N4O6. The first kappa shape index (κ1) is 23.9. The van der Waals surface area contributed by atoms with Gasteiger partial charge in [0.25, 0.3) is 5.91 Å². The van der Waals surface area contributed by atoms with Gasteiger partial charge < -0.3 is 29.6 Å². The zero-order valence-corrected chi connectivity index (χ0v) is 20.5. The summed E-state index contributed by atoms with van der Waals surface area (Å²) < 4.78 is 23.1. The molecule has 0 aliphatic carbocycles. The van der Waals surface area contributed by atoms with E-state index in [4.69, 9.17) is 18.9 Å². The van der Waals surface area contributed by atoms with Crippen LogP contribution in [-0.4, -0.2) is 56.1 Å². The average Bonchev–Trinajstić information content (AvgIpc) is 3.15. The van der Waals surface area contributed by atoms with Crippen molar-refractivity contribution in [3.8, 4) is 23.0 Å². The topological polar surface area (TPSA) is 113 Å². The number of methoxy groups -OCH3 is 4. The molecule has 0 saturated carbocycles. The fraction of sp³-hybridized carbons (Fsp3) is 0.320. The monoisotopic (exact) mass is 480 g/mol. The number of carbonyl (C=O) groups excluding carboxylic acids is 2. The molecule has 4 rings (SSSR count). The van der Waals surface area contributed by atoms with Gasteiger partial charge in [-0.1, -0.05) is 0 Å². The number of rotatable bonds is 7. The Kier molecular flexibility index (Phi) is 6.54. The number of hydrogen-bond donors (Lipinski definition) is 2. The Balaban J connectivity index is 1.80. The quantitative estimate of drug-likeness (QED) is 0.535. The summed E-state index contributed by atoms with van der Waals surface area (Å²) in [6, 6.07) is 9.31. The molecule has 0 saturated heterocycles. The smallest absolute Gasteiger partial charge is 0.252 e. The first-order valence-electron chi connectivity index (χ1n) is 10.9. The fourth-order valence-corrected chi connectivity index (χ4v) is 4.43. The molecule has 0 fully saturated rings. The van der Waals surface area contributed by atoms with Crippen LogP contribution in [0.25, 0.3) is 0 Å². The molecule has 35 heavy (non-hydrogen) atoms. The van der Waals surface area contributed by atoms with Crippen LogP contribution in [0.1, 0.15) is 33.1 Å². The zero-order chi connectivity index (χ0) is 25.3. The highest BCUT2D eigenvalue weighted by Crippen LogP contribution is 2.41. The lowest BCUT2D eigenvalue weighted by Gasteiger charge is -2.33. The van der Waals surface area contributed by atoms with Gasteiger partial charge in [-0.2, -0.15) is 5.10 Å². The second-order valence-corrected chi connectivity index (χ2v) is 8.11. The van der Waals surface area contributed by atoms with Crippen molar-refractivity contribution in [1.29, 1.82) is 0 Å². The number of fused-ring (bicyclic) bond motifs is 1. The lowest BCUT2D eigenvalue weighted by atomic mass is 9.81. The predicted octanol–water partition coefficient (Wildman–Crippen LogP) is 2.65. The molecule has 2 atom stereocenters. The number of aromatic nitrogens is 2. The third kappa shape index (κ3) is 4.34. The van der Waals surface area contributed by atoms with Crippen molar-refractivity contribution in [2.45, 2.75) is 18.9 Å². The summed E-state index contributed by atoms with van der Waals surface area (Å²) >= 11 is 0. The van der Waals surface area contributed by atoms with Crippen molar-refractivity contribution in [2.75, 3.05) is 33.8 Å². The molecule has 2 heterocycles. The largest absolute Gasteiger partial charge is 0.497 e. The number of ether oxygens (including phenoxy) is 4. The molecule has 2 amide bonds. The van der Waals surface area contributed by atoms with Gasteiger partial charge in [0, 0.05) is 30.2 Å². The van der Waals surface area contributed by atoms with Crippen LogP contribution in [0, 0.1) is 6.92 Å². The molecular weight excluding hydrogens is 452 g/mol. The van der Waals surface area contributed by atoms with Crippen LogP contribution in [0.5, 0.6) is 23.0 Å². The number of nitrogens with one attached hydrogen (secondary N) is 2. The molecule has 0 radical (unpaired) electrons. The van der Waals surface area contributed by atoms with E-state index in [-0.39, 0.29) is 5.91 Å². The highest BCUT2D eigenvalue weighted by molar-refractivity contribution is 6.04. The van der Waals surface area contributed by atoms with Crippen LogP contribution in [-0.2, 0) is 11.8 Å². The van der Waals surface area contributed by atoms with E-state index in [1.807, 2.05) is 19.1 Å². The summed E-state index contributed by atoms with van der Waals surface area (Å²) in [5, 5.41) is 10.3. The lowest BCUT2D eigenvalue weighted by Crippen LogP contribution is -2.50. The fourth-order valence-electron chi connectivity index (χ4n) is 4.43. The second-order valence-electron chi connectivity index (χ2n) is 8.11. The predicted molar refractivity (Wildman–Crippen MR) is 129 cm³/mol. The Morgan fingerprint density at radius 1 is 0.971 bits per heavy atom. The van der Waals surface area contributed by atoms with Crippen molar-refractivity contribution < 1.29 is 28.5 Å². The van der Waals surface area contributed by atoms with Crippen LogP contribution < -0.4 is 29.6 Å². The van der Waals surface area contributed by atoms with E-state index in [9.17, 15) is 9.59 Å². The van der Waals surface area contributed by atoms with E-state index in [0.29, 0.717) is 34.4 Å². The van der Waals surface area contributed by atoms with E-state index >= 15 is 0 Å². The van der Waals surface area contributed by atoms with Crippen LogP contribution in [0.15, 0.2) is 36.4 Å². The number of amides is 2. The van der Waals surface area contributed by atoms with Gasteiger partial charge >= 0.3 is 0 Å². The zero-order valence-electron chi connectivity index (χ0n) is 20.5. The van der Waals surface area contributed by atoms with Gasteiger partial charge in [-0.05, 0) is 42.8 Å². The first-order valence-corrected chi connectivity index (χ1v) is 10.9. The third-order valence-electron chi connectivity index (χ3n) is 6.10. The maximum atomic E-state index is 13.3. The highest BCUT2D eigenvalue weighted by atomic mass is 16.5. The molecule has 0 spiro atoms. The van der Waals surface area contributed by atoms with E-state index in [1.54, 1.807) is 50.2 Å². The van der Waals surface area contributed by atoms with Gasteiger partial charge in [-0.15, -0.1) is 0 Å². The van der Waals surface area contributed by atoms with Crippen molar-refractivity contribution in [3.63, 3.8) is 0 Å². The van der Waals surface area contributed by atoms with Gasteiger partial charge in [-0.25, -0.2) is 0 Å². The molecule has 10 heteroatoms. The lowest BCUT2D eigenvalue weighted by molar-refractivity contribution is -0.118. The maximum absolute atomic E-state index is 13.3. The van der Waals surface area contributed by atoms with Crippen molar-refractivity contribution >= 4 is 17.6 Å². The first-order chi connectivity index (χ1) is 16.8. The van der Waals surface area contributed by atoms with Crippen LogP contribution in [0.3, 0.4) is 0 Å². The molecule has 2 N–H and O–H groups in total. The van der Waals surface area contributed by atoms with Crippen LogP contribution >= 0.6 is 0 Å². The normalized spacial score (nSPS) is 16.7. The summed E-state index contributed by atoms with van der Waals surface area (Å²) in [5.74, 6) is 1.29. The van der Waals surface area contributed by atoms with Gasteiger partial charge in [0.2, 0.25) is 5.91 Å². The Labute approximate surface area is 203 Å². The Morgan fingerprint density at radius 3 is 2.23 bits per heavy atom. The maximum Gasteiger partial charge on any atom is 0.252 e. The second kappa shape index (κ2) is 9.57. The Hall–Kier alpha value is -4.21. The third-order valence-corrected chi connectivity index (χ3v) is 6.10. The number of aryl methyl sites for hydroxylation is 2. The Morgan fingerprint density at radius 2 is 1.63 bits per heavy atom. The summed E-state index contributed by atoms with van der Waals surface area (Å²) in [6.45, 7) is 1.87. The van der Waals surface area contributed by atoms with E-state index < -0.39 is 17.9 Å². The summed E-state index contributed by atoms with van der Waals surface area (Å²) in [6.07, 6.45) is 0. The molecule has 1 aromatic heterocycles. The number of carbonyl (C=O) groups is 2. The minimum absolute atomic E-state index is 0.325. The van der Waals surface area contributed by atoms with Crippen molar-refractivity contribution in [2.24, 2.45) is 7.05 Å². The average molecular weight is 481 g/mol. The molecule has 1 aliphatic rings. The van der Waals surface area contributed by atoms with Gasteiger partial charge in [0.05, 0.1) is 34.1 Å². The number of hydrogen-bond acceptors (Lipinski definition) is 7. The van der Waals surface area contributed by atoms with Crippen molar-refractivity contribution in [3.05, 3.63) is 58.8 Å².